The molecule has 0 amide bonds. The molecule has 0 bridgehead atoms. The highest BCUT2D eigenvalue weighted by Crippen LogP contribution is 2.29. The van der Waals surface area contributed by atoms with Gasteiger partial charge < -0.3 is 9.84 Å². The number of rotatable bonds is 3. The highest BCUT2D eigenvalue weighted by Gasteiger charge is 2.19. The van der Waals surface area contributed by atoms with E-state index in [2.05, 4.69) is 26.1 Å². The second-order valence-corrected chi connectivity index (χ2v) is 4.37. The monoisotopic (exact) mass is 308 g/mol. The quantitative estimate of drug-likeness (QED) is 0.943. The summed E-state index contributed by atoms with van der Waals surface area (Å²) in [5.41, 5.74) is 1.20. The van der Waals surface area contributed by atoms with Crippen molar-refractivity contribution in [1.29, 1.82) is 0 Å². The molecular weight excluding hydrogens is 300 g/mol. The number of carboxylic acid groups (broad SMARTS) is 1. The van der Waals surface area contributed by atoms with Crippen molar-refractivity contribution in [3.05, 3.63) is 40.5 Å². The highest BCUT2D eigenvalue weighted by molar-refractivity contribution is 9.10. The van der Waals surface area contributed by atoms with E-state index in [1.54, 1.807) is 6.07 Å². The summed E-state index contributed by atoms with van der Waals surface area (Å²) in [5.74, 6) is -1.10. The van der Waals surface area contributed by atoms with Crippen LogP contribution in [-0.2, 0) is 0 Å². The Morgan fingerprint density at radius 3 is 2.83 bits per heavy atom. The lowest BCUT2D eigenvalue weighted by atomic mass is 10.0. The third-order valence-electron chi connectivity index (χ3n) is 2.36. The molecule has 1 aromatic heterocycles. The number of methoxy groups -OCH3 is 1. The Morgan fingerprint density at radius 1 is 1.44 bits per heavy atom. The van der Waals surface area contributed by atoms with Gasteiger partial charge in [0.1, 0.15) is 5.56 Å². The summed E-state index contributed by atoms with van der Waals surface area (Å²) in [4.78, 5) is 11.3. The Bertz CT molecular complexity index is 602. The molecule has 1 heterocycles. The molecule has 0 radical (unpaired) electrons. The molecule has 2 rings (SSSR count). The van der Waals surface area contributed by atoms with Gasteiger partial charge in [-0.25, -0.2) is 4.79 Å². The minimum atomic E-state index is -1.10. The van der Waals surface area contributed by atoms with Gasteiger partial charge in [-0.1, -0.05) is 28.1 Å². The van der Waals surface area contributed by atoms with Gasteiger partial charge in [0.15, 0.2) is 0 Å². The van der Waals surface area contributed by atoms with Gasteiger partial charge in [0, 0.05) is 10.0 Å². The first-order valence-corrected chi connectivity index (χ1v) is 5.81. The van der Waals surface area contributed by atoms with Gasteiger partial charge in [0.05, 0.1) is 13.3 Å². The summed E-state index contributed by atoms with van der Waals surface area (Å²) >= 11 is 3.34. The van der Waals surface area contributed by atoms with Crippen LogP contribution in [0.25, 0.3) is 11.1 Å². The number of carboxylic acids is 1. The van der Waals surface area contributed by atoms with Crippen molar-refractivity contribution < 1.29 is 14.6 Å². The van der Waals surface area contributed by atoms with E-state index in [4.69, 9.17) is 4.74 Å². The van der Waals surface area contributed by atoms with E-state index in [0.29, 0.717) is 5.56 Å². The van der Waals surface area contributed by atoms with Gasteiger partial charge in [-0.2, -0.15) is 5.10 Å². The molecule has 0 aliphatic carbocycles. The predicted molar refractivity (Wildman–Crippen MR) is 68.7 cm³/mol. The number of aromatic nitrogens is 2. The SMILES string of the molecule is COc1nncc(-c2cccc(Br)c2)c1C(=O)O. The van der Waals surface area contributed by atoms with Gasteiger partial charge >= 0.3 is 5.97 Å². The lowest BCUT2D eigenvalue weighted by Gasteiger charge is -2.08. The van der Waals surface area contributed by atoms with Crippen LogP contribution in [0, 0.1) is 0 Å². The fraction of sp³-hybridized carbons (Fsp3) is 0.0833. The Kier molecular flexibility index (Phi) is 3.57. The number of nitrogens with zero attached hydrogens (tertiary/aromatic N) is 2. The maximum absolute atomic E-state index is 11.3. The largest absolute Gasteiger partial charge is 0.479 e. The second kappa shape index (κ2) is 5.14. The molecule has 0 fully saturated rings. The van der Waals surface area contributed by atoms with Crippen LogP contribution < -0.4 is 4.74 Å². The zero-order chi connectivity index (χ0) is 13.1. The van der Waals surface area contributed by atoms with E-state index in [0.717, 1.165) is 10.0 Å². The molecule has 0 saturated heterocycles. The normalized spacial score (nSPS) is 10.1. The molecule has 0 spiro atoms. The van der Waals surface area contributed by atoms with Crippen LogP contribution in [0.15, 0.2) is 34.9 Å². The van der Waals surface area contributed by atoms with Crippen LogP contribution in [0.4, 0.5) is 0 Å². The van der Waals surface area contributed by atoms with E-state index in [1.807, 2.05) is 18.2 Å². The first-order chi connectivity index (χ1) is 8.63. The summed E-state index contributed by atoms with van der Waals surface area (Å²) in [6.45, 7) is 0. The van der Waals surface area contributed by atoms with Crippen LogP contribution in [0.2, 0.25) is 0 Å². The molecule has 0 unspecified atom stereocenters. The lowest BCUT2D eigenvalue weighted by Crippen LogP contribution is -2.06. The van der Waals surface area contributed by atoms with E-state index in [-0.39, 0.29) is 11.4 Å². The van der Waals surface area contributed by atoms with Gasteiger partial charge in [-0.3, -0.25) is 0 Å². The van der Waals surface area contributed by atoms with E-state index in [9.17, 15) is 9.90 Å². The van der Waals surface area contributed by atoms with Crippen LogP contribution in [0.3, 0.4) is 0 Å². The average Bonchev–Trinajstić information content (AvgIpc) is 2.37. The third-order valence-corrected chi connectivity index (χ3v) is 2.85. The van der Waals surface area contributed by atoms with Crippen molar-refractivity contribution in [3.8, 4) is 17.0 Å². The van der Waals surface area contributed by atoms with Gasteiger partial charge in [-0.15, -0.1) is 5.10 Å². The van der Waals surface area contributed by atoms with Gasteiger partial charge in [-0.05, 0) is 17.7 Å². The molecular formula is C12H9BrN2O3. The van der Waals surface area contributed by atoms with Crippen molar-refractivity contribution in [1.82, 2.24) is 10.2 Å². The molecule has 0 aliphatic rings. The second-order valence-electron chi connectivity index (χ2n) is 3.46. The number of hydrogen-bond donors (Lipinski definition) is 1. The number of hydrogen-bond acceptors (Lipinski definition) is 4. The highest BCUT2D eigenvalue weighted by atomic mass is 79.9. The molecule has 5 nitrogen and oxygen atoms in total. The van der Waals surface area contributed by atoms with Crippen molar-refractivity contribution in [2.75, 3.05) is 7.11 Å². The number of aromatic carboxylic acids is 1. The Labute approximate surface area is 112 Å². The molecule has 18 heavy (non-hydrogen) atoms. The number of ether oxygens (including phenoxy) is 1. The van der Waals surface area contributed by atoms with Crippen molar-refractivity contribution in [3.63, 3.8) is 0 Å². The lowest BCUT2D eigenvalue weighted by molar-refractivity contribution is 0.0693. The topological polar surface area (TPSA) is 72.3 Å². The van der Waals surface area contributed by atoms with Crippen molar-refractivity contribution >= 4 is 21.9 Å². The van der Waals surface area contributed by atoms with Crippen molar-refractivity contribution in [2.24, 2.45) is 0 Å². The Morgan fingerprint density at radius 2 is 2.22 bits per heavy atom. The maximum Gasteiger partial charge on any atom is 0.341 e. The summed E-state index contributed by atoms with van der Waals surface area (Å²) in [7, 11) is 1.36. The maximum atomic E-state index is 11.3. The summed E-state index contributed by atoms with van der Waals surface area (Å²) < 4.78 is 5.79. The van der Waals surface area contributed by atoms with Crippen LogP contribution in [-0.4, -0.2) is 28.4 Å². The van der Waals surface area contributed by atoms with E-state index in [1.165, 1.54) is 13.3 Å². The average molecular weight is 309 g/mol. The van der Waals surface area contributed by atoms with Crippen LogP contribution in [0.1, 0.15) is 10.4 Å². The molecule has 0 saturated carbocycles. The van der Waals surface area contributed by atoms with Gasteiger partial charge in [0.2, 0.25) is 5.88 Å². The minimum absolute atomic E-state index is 0.0000227. The fourth-order valence-electron chi connectivity index (χ4n) is 1.59. The summed E-state index contributed by atoms with van der Waals surface area (Å²) in [5, 5.41) is 16.7. The van der Waals surface area contributed by atoms with Crippen molar-refractivity contribution in [2.45, 2.75) is 0 Å². The van der Waals surface area contributed by atoms with Crippen LogP contribution in [0.5, 0.6) is 5.88 Å². The smallest absolute Gasteiger partial charge is 0.341 e. The van der Waals surface area contributed by atoms with Crippen LogP contribution >= 0.6 is 15.9 Å². The number of benzene rings is 1. The van der Waals surface area contributed by atoms with E-state index >= 15 is 0 Å². The third kappa shape index (κ3) is 2.33. The molecule has 1 aromatic carbocycles. The number of halogens is 1. The molecule has 6 heteroatoms. The molecule has 0 atom stereocenters. The molecule has 1 N–H and O–H groups in total. The minimum Gasteiger partial charge on any atom is -0.479 e. The molecule has 92 valence electrons. The zero-order valence-corrected chi connectivity index (χ0v) is 11.0. The first kappa shape index (κ1) is 12.5. The first-order valence-electron chi connectivity index (χ1n) is 5.02. The number of carbonyl (C=O) groups is 1. The standard InChI is InChI=1S/C12H9BrN2O3/c1-18-11-10(12(16)17)9(6-14-15-11)7-3-2-4-8(13)5-7/h2-6H,1H3,(H,16,17). The predicted octanol–water partition coefficient (Wildman–Crippen LogP) is 2.61. The van der Waals surface area contributed by atoms with E-state index < -0.39 is 5.97 Å². The summed E-state index contributed by atoms with van der Waals surface area (Å²) in [6.07, 6.45) is 1.41. The molecule has 2 aromatic rings. The summed E-state index contributed by atoms with van der Waals surface area (Å²) in [6, 6.07) is 7.28. The Balaban J connectivity index is 2.67. The zero-order valence-electron chi connectivity index (χ0n) is 9.42. The fourth-order valence-corrected chi connectivity index (χ4v) is 1.99. The molecule has 0 aliphatic heterocycles. The van der Waals surface area contributed by atoms with Gasteiger partial charge in [0.25, 0.3) is 0 Å². The Hall–Kier alpha value is -1.95.